The molecule has 0 aliphatic carbocycles. The van der Waals surface area contributed by atoms with Gasteiger partial charge in [0.25, 0.3) is 0 Å². The lowest BCUT2D eigenvalue weighted by molar-refractivity contribution is 0.218. The Labute approximate surface area is 123 Å². The lowest BCUT2D eigenvalue weighted by Gasteiger charge is -2.24. The predicted molar refractivity (Wildman–Crippen MR) is 84.0 cm³/mol. The smallest absolute Gasteiger partial charge is 0.123 e. The minimum Gasteiger partial charge on any atom is -0.493 e. The third kappa shape index (κ3) is 5.14. The Balaban J connectivity index is 1.67. The summed E-state index contributed by atoms with van der Waals surface area (Å²) in [5.41, 5.74) is 6.81. The first-order valence-corrected chi connectivity index (χ1v) is 8.03. The van der Waals surface area contributed by atoms with Crippen LogP contribution < -0.4 is 10.5 Å². The molecule has 2 rings (SSSR count). The van der Waals surface area contributed by atoms with E-state index in [1.54, 1.807) is 0 Å². The maximum atomic E-state index is 5.87. The van der Waals surface area contributed by atoms with Gasteiger partial charge >= 0.3 is 0 Å². The van der Waals surface area contributed by atoms with E-state index in [9.17, 15) is 0 Å². The second-order valence-electron chi connectivity index (χ2n) is 5.62. The lowest BCUT2D eigenvalue weighted by Crippen LogP contribution is -2.29. The molecule has 2 N–H and O–H groups in total. The van der Waals surface area contributed by atoms with E-state index in [2.05, 4.69) is 4.90 Å². The molecule has 0 aromatic heterocycles. The fourth-order valence-corrected chi connectivity index (χ4v) is 2.82. The fourth-order valence-electron chi connectivity index (χ4n) is 2.82. The van der Waals surface area contributed by atoms with Crippen molar-refractivity contribution in [3.8, 4) is 5.75 Å². The van der Waals surface area contributed by atoms with Crippen LogP contribution in [0.4, 0.5) is 0 Å². The van der Waals surface area contributed by atoms with Crippen molar-refractivity contribution in [2.24, 2.45) is 5.73 Å². The highest BCUT2D eigenvalue weighted by Crippen LogP contribution is 2.17. The number of nitrogens with zero attached hydrogens (tertiary/aromatic N) is 1. The van der Waals surface area contributed by atoms with Gasteiger partial charge in [0.15, 0.2) is 0 Å². The average Bonchev–Trinajstić information content (AvgIpc) is 2.45. The van der Waals surface area contributed by atoms with Gasteiger partial charge in [-0.2, -0.15) is 0 Å². The number of rotatable bonds is 6. The molecule has 1 aromatic carbocycles. The molecule has 1 aliphatic heterocycles. The molecule has 1 aromatic rings. The quantitative estimate of drug-likeness (QED) is 0.811. The first kappa shape index (κ1) is 15.3. The molecule has 0 atom stereocenters. The summed E-state index contributed by atoms with van der Waals surface area (Å²) >= 11 is 0. The van der Waals surface area contributed by atoms with E-state index in [1.807, 2.05) is 24.3 Å². The van der Waals surface area contributed by atoms with E-state index in [0.717, 1.165) is 30.9 Å². The van der Waals surface area contributed by atoms with Crippen LogP contribution in [0, 0.1) is 0 Å². The minimum absolute atomic E-state index is 0.544. The van der Waals surface area contributed by atoms with Crippen molar-refractivity contribution in [1.82, 2.24) is 4.90 Å². The lowest BCUT2D eigenvalue weighted by atomic mass is 10.1. The number of likely N-dealkylation sites (tertiary alicyclic amines) is 1. The molecule has 3 heteroatoms. The fraction of sp³-hybridized carbons (Fsp3) is 0.647. The zero-order valence-electron chi connectivity index (χ0n) is 12.5. The predicted octanol–water partition coefficient (Wildman–Crippen LogP) is 3.18. The van der Waals surface area contributed by atoms with Crippen LogP contribution in [0.5, 0.6) is 5.75 Å². The molecule has 112 valence electrons. The number of hydrogen-bond acceptors (Lipinski definition) is 3. The van der Waals surface area contributed by atoms with E-state index in [0.29, 0.717) is 6.54 Å². The summed E-state index contributed by atoms with van der Waals surface area (Å²) in [4.78, 5) is 2.59. The van der Waals surface area contributed by atoms with Crippen LogP contribution in [0.2, 0.25) is 0 Å². The van der Waals surface area contributed by atoms with Gasteiger partial charge in [0.1, 0.15) is 5.75 Å². The van der Waals surface area contributed by atoms with Crippen LogP contribution >= 0.6 is 0 Å². The number of hydrogen-bond donors (Lipinski definition) is 1. The van der Waals surface area contributed by atoms with Crippen molar-refractivity contribution in [3.63, 3.8) is 0 Å². The van der Waals surface area contributed by atoms with E-state index < -0.39 is 0 Å². The highest BCUT2D eigenvalue weighted by molar-refractivity contribution is 5.32. The van der Waals surface area contributed by atoms with E-state index in [-0.39, 0.29) is 0 Å². The SMILES string of the molecule is NCc1ccccc1OCCCN1CCCCCCC1. The molecule has 0 spiro atoms. The Morgan fingerprint density at radius 3 is 2.45 bits per heavy atom. The molecule has 0 saturated carbocycles. The van der Waals surface area contributed by atoms with Gasteiger partial charge in [-0.15, -0.1) is 0 Å². The number of ether oxygens (including phenoxy) is 1. The van der Waals surface area contributed by atoms with Crippen molar-refractivity contribution in [1.29, 1.82) is 0 Å². The molecule has 20 heavy (non-hydrogen) atoms. The molecule has 3 nitrogen and oxygen atoms in total. The molecule has 1 aliphatic rings. The monoisotopic (exact) mass is 276 g/mol. The van der Waals surface area contributed by atoms with E-state index in [4.69, 9.17) is 10.5 Å². The van der Waals surface area contributed by atoms with Gasteiger partial charge in [-0.05, 0) is 38.4 Å². The maximum Gasteiger partial charge on any atom is 0.123 e. The van der Waals surface area contributed by atoms with E-state index in [1.165, 1.54) is 45.2 Å². The van der Waals surface area contributed by atoms with Gasteiger partial charge in [-0.3, -0.25) is 0 Å². The molecular formula is C17H28N2O. The minimum atomic E-state index is 0.544. The van der Waals surface area contributed by atoms with Gasteiger partial charge in [0.2, 0.25) is 0 Å². The molecule has 0 bridgehead atoms. The Morgan fingerprint density at radius 2 is 1.70 bits per heavy atom. The van der Waals surface area contributed by atoms with Crippen LogP contribution in [0.25, 0.3) is 0 Å². The average molecular weight is 276 g/mol. The second kappa shape index (κ2) is 8.98. The molecule has 0 unspecified atom stereocenters. The third-order valence-electron chi connectivity index (χ3n) is 4.02. The van der Waals surface area contributed by atoms with Crippen molar-refractivity contribution in [2.75, 3.05) is 26.2 Å². The highest BCUT2D eigenvalue weighted by atomic mass is 16.5. The van der Waals surface area contributed by atoms with Crippen LogP contribution in [0.3, 0.4) is 0 Å². The zero-order chi connectivity index (χ0) is 14.0. The second-order valence-corrected chi connectivity index (χ2v) is 5.62. The van der Waals surface area contributed by atoms with Crippen molar-refractivity contribution >= 4 is 0 Å². The van der Waals surface area contributed by atoms with Crippen LogP contribution in [0.15, 0.2) is 24.3 Å². The molecular weight excluding hydrogens is 248 g/mol. The summed E-state index contributed by atoms with van der Waals surface area (Å²) in [6.45, 7) is 5.01. The molecule has 0 amide bonds. The van der Waals surface area contributed by atoms with Crippen LogP contribution in [0.1, 0.15) is 44.1 Å². The molecule has 0 radical (unpaired) electrons. The molecule has 1 fully saturated rings. The summed E-state index contributed by atoms with van der Waals surface area (Å²) in [7, 11) is 0. The van der Waals surface area contributed by atoms with Crippen molar-refractivity contribution in [2.45, 2.75) is 45.1 Å². The summed E-state index contributed by atoms with van der Waals surface area (Å²) in [6.07, 6.45) is 8.03. The van der Waals surface area contributed by atoms with Gasteiger partial charge in [-0.1, -0.05) is 37.5 Å². The zero-order valence-corrected chi connectivity index (χ0v) is 12.5. The molecule has 1 saturated heterocycles. The topological polar surface area (TPSA) is 38.5 Å². The number of benzene rings is 1. The summed E-state index contributed by atoms with van der Waals surface area (Å²) in [5, 5.41) is 0. The van der Waals surface area contributed by atoms with Crippen LogP contribution in [-0.2, 0) is 6.54 Å². The summed E-state index contributed by atoms with van der Waals surface area (Å²) in [5.74, 6) is 0.947. The maximum absolute atomic E-state index is 5.87. The normalized spacial score (nSPS) is 17.4. The first-order chi connectivity index (χ1) is 9.90. The van der Waals surface area contributed by atoms with Crippen molar-refractivity contribution in [3.05, 3.63) is 29.8 Å². The highest BCUT2D eigenvalue weighted by Gasteiger charge is 2.08. The van der Waals surface area contributed by atoms with Gasteiger partial charge < -0.3 is 15.4 Å². The summed E-state index contributed by atoms with van der Waals surface area (Å²) < 4.78 is 5.87. The van der Waals surface area contributed by atoms with Crippen molar-refractivity contribution < 1.29 is 4.74 Å². The van der Waals surface area contributed by atoms with Gasteiger partial charge in [0.05, 0.1) is 6.61 Å². The number of para-hydroxylation sites is 1. The van der Waals surface area contributed by atoms with E-state index >= 15 is 0 Å². The Bertz CT molecular complexity index is 373. The Hall–Kier alpha value is -1.06. The summed E-state index contributed by atoms with van der Waals surface area (Å²) in [6, 6.07) is 8.06. The third-order valence-corrected chi connectivity index (χ3v) is 4.02. The Morgan fingerprint density at radius 1 is 1.00 bits per heavy atom. The first-order valence-electron chi connectivity index (χ1n) is 8.03. The number of nitrogens with two attached hydrogens (primary N) is 1. The largest absolute Gasteiger partial charge is 0.493 e. The molecule has 1 heterocycles. The van der Waals surface area contributed by atoms with Gasteiger partial charge in [0, 0.05) is 18.7 Å². The standard InChI is InChI=1S/C17H28N2O/c18-15-16-9-4-5-10-17(16)20-14-8-13-19-11-6-2-1-3-7-12-19/h4-5,9-10H,1-3,6-8,11-15,18H2. The van der Waals surface area contributed by atoms with Gasteiger partial charge in [-0.25, -0.2) is 0 Å². The Kier molecular flexibility index (Phi) is 6.89. The van der Waals surface area contributed by atoms with Crippen LogP contribution in [-0.4, -0.2) is 31.1 Å².